The lowest BCUT2D eigenvalue weighted by molar-refractivity contribution is 0.529. The first-order valence-electron chi connectivity index (χ1n) is 5.88. The molecular formula is C11H11BrF2N4O2S. The van der Waals surface area contributed by atoms with Crippen molar-refractivity contribution in [3.63, 3.8) is 0 Å². The molecule has 0 unspecified atom stereocenters. The second-order valence-corrected chi connectivity index (χ2v) is 6.67. The van der Waals surface area contributed by atoms with Crippen LogP contribution in [0, 0.1) is 11.6 Å². The van der Waals surface area contributed by atoms with Crippen LogP contribution in [0.3, 0.4) is 0 Å². The van der Waals surface area contributed by atoms with Gasteiger partial charge in [-0.15, -0.1) is 5.10 Å². The highest BCUT2D eigenvalue weighted by Gasteiger charge is 2.23. The van der Waals surface area contributed by atoms with Crippen molar-refractivity contribution in [2.45, 2.75) is 17.9 Å². The normalized spacial score (nSPS) is 11.8. The first kappa shape index (κ1) is 16.0. The van der Waals surface area contributed by atoms with E-state index >= 15 is 0 Å². The number of nitrogens with one attached hydrogen (secondary N) is 1. The molecule has 2 rings (SSSR count). The lowest BCUT2D eigenvalue weighted by Gasteiger charge is -2.09. The van der Waals surface area contributed by atoms with E-state index in [0.29, 0.717) is 19.0 Å². The highest BCUT2D eigenvalue weighted by Crippen LogP contribution is 2.25. The van der Waals surface area contributed by atoms with Crippen molar-refractivity contribution in [3.05, 3.63) is 40.6 Å². The van der Waals surface area contributed by atoms with Crippen LogP contribution < -0.4 is 4.72 Å². The second kappa shape index (κ2) is 6.58. The van der Waals surface area contributed by atoms with E-state index in [1.807, 2.05) is 0 Å². The summed E-state index contributed by atoms with van der Waals surface area (Å²) in [4.78, 5) is -0.607. The first-order valence-corrected chi connectivity index (χ1v) is 8.16. The van der Waals surface area contributed by atoms with Crippen molar-refractivity contribution >= 4 is 26.0 Å². The Balaban J connectivity index is 2.02. The summed E-state index contributed by atoms with van der Waals surface area (Å²) in [5, 5.41) is 7.34. The third-order valence-electron chi connectivity index (χ3n) is 2.56. The zero-order chi connectivity index (χ0) is 15.5. The Morgan fingerprint density at radius 2 is 2.10 bits per heavy atom. The summed E-state index contributed by atoms with van der Waals surface area (Å²) in [5.74, 6) is -2.00. The van der Waals surface area contributed by atoms with Crippen LogP contribution in [0.1, 0.15) is 6.42 Å². The Morgan fingerprint density at radius 3 is 2.71 bits per heavy atom. The van der Waals surface area contributed by atoms with Crippen LogP contribution in [0.5, 0.6) is 0 Å². The average molecular weight is 381 g/mol. The first-order chi connectivity index (χ1) is 9.90. The molecular weight excluding hydrogens is 370 g/mol. The van der Waals surface area contributed by atoms with Gasteiger partial charge in [-0.3, -0.25) is 4.68 Å². The number of nitrogens with zero attached hydrogens (tertiary/aromatic N) is 3. The van der Waals surface area contributed by atoms with E-state index in [2.05, 4.69) is 31.0 Å². The number of hydrogen-bond acceptors (Lipinski definition) is 4. The summed E-state index contributed by atoms with van der Waals surface area (Å²) in [6, 6.07) is 1.42. The van der Waals surface area contributed by atoms with Crippen molar-refractivity contribution in [1.82, 2.24) is 19.7 Å². The van der Waals surface area contributed by atoms with Crippen LogP contribution in [0.25, 0.3) is 0 Å². The van der Waals surface area contributed by atoms with E-state index in [1.54, 1.807) is 10.9 Å². The van der Waals surface area contributed by atoms with Gasteiger partial charge in [-0.1, -0.05) is 5.21 Å². The van der Waals surface area contributed by atoms with Crippen LogP contribution in [0.2, 0.25) is 0 Å². The molecule has 0 aliphatic heterocycles. The second-order valence-electron chi connectivity index (χ2n) is 4.12. The molecule has 0 amide bonds. The van der Waals surface area contributed by atoms with Gasteiger partial charge in [0.15, 0.2) is 0 Å². The molecule has 0 fully saturated rings. The van der Waals surface area contributed by atoms with Gasteiger partial charge in [0.25, 0.3) is 0 Å². The van der Waals surface area contributed by atoms with Crippen LogP contribution in [-0.4, -0.2) is 30.0 Å². The summed E-state index contributed by atoms with van der Waals surface area (Å²) in [6.45, 7) is 0.557. The minimum absolute atomic E-state index is 0.0887. The molecule has 0 saturated heterocycles. The third kappa shape index (κ3) is 4.05. The fourth-order valence-electron chi connectivity index (χ4n) is 1.66. The molecule has 6 nitrogen and oxygen atoms in total. The molecule has 0 radical (unpaired) electrons. The number of halogens is 3. The van der Waals surface area contributed by atoms with Crippen LogP contribution in [0.4, 0.5) is 8.78 Å². The van der Waals surface area contributed by atoms with Crippen molar-refractivity contribution in [2.75, 3.05) is 6.54 Å². The highest BCUT2D eigenvalue weighted by atomic mass is 79.9. The minimum Gasteiger partial charge on any atom is -0.253 e. The zero-order valence-electron chi connectivity index (χ0n) is 10.6. The van der Waals surface area contributed by atoms with E-state index in [1.165, 1.54) is 6.20 Å². The lowest BCUT2D eigenvalue weighted by Crippen LogP contribution is -2.27. The summed E-state index contributed by atoms with van der Waals surface area (Å²) in [7, 11) is -4.06. The van der Waals surface area contributed by atoms with Crippen molar-refractivity contribution < 1.29 is 17.2 Å². The molecule has 0 atom stereocenters. The number of sulfonamides is 1. The predicted molar refractivity (Wildman–Crippen MR) is 73.9 cm³/mol. The largest absolute Gasteiger partial charge is 0.253 e. The smallest absolute Gasteiger partial charge is 0.244 e. The molecule has 0 aliphatic carbocycles. The van der Waals surface area contributed by atoms with Gasteiger partial charge < -0.3 is 0 Å². The number of rotatable bonds is 6. The summed E-state index contributed by atoms with van der Waals surface area (Å²) in [6.07, 6.45) is 3.60. The van der Waals surface area contributed by atoms with Crippen molar-refractivity contribution in [1.29, 1.82) is 0 Å². The van der Waals surface area contributed by atoms with Crippen LogP contribution in [-0.2, 0) is 16.6 Å². The van der Waals surface area contributed by atoms with E-state index in [-0.39, 0.29) is 11.0 Å². The summed E-state index contributed by atoms with van der Waals surface area (Å²) >= 11 is 2.85. The molecule has 0 aliphatic rings. The third-order valence-corrected chi connectivity index (χ3v) is 4.98. The monoisotopic (exact) mass is 380 g/mol. The predicted octanol–water partition coefficient (Wildman–Crippen LogP) is 1.69. The summed E-state index contributed by atoms with van der Waals surface area (Å²) < 4.78 is 54.2. The molecule has 1 heterocycles. The topological polar surface area (TPSA) is 76.9 Å². The van der Waals surface area contributed by atoms with E-state index < -0.39 is 26.6 Å². The fourth-order valence-corrected chi connectivity index (χ4v) is 3.89. The lowest BCUT2D eigenvalue weighted by atomic mass is 10.3. The van der Waals surface area contributed by atoms with Crippen LogP contribution >= 0.6 is 15.9 Å². The highest BCUT2D eigenvalue weighted by molar-refractivity contribution is 9.10. The quantitative estimate of drug-likeness (QED) is 0.773. The fraction of sp³-hybridized carbons (Fsp3) is 0.273. The average Bonchev–Trinajstić information content (AvgIpc) is 2.86. The Kier molecular flexibility index (Phi) is 5.01. The minimum atomic E-state index is -4.06. The van der Waals surface area contributed by atoms with Gasteiger partial charge in [0, 0.05) is 29.8 Å². The van der Waals surface area contributed by atoms with Gasteiger partial charge in [-0.05, 0) is 28.4 Å². The molecule has 0 spiro atoms. The Labute approximate surface area is 128 Å². The van der Waals surface area contributed by atoms with E-state index in [0.717, 1.165) is 6.07 Å². The molecule has 1 N–H and O–H groups in total. The zero-order valence-corrected chi connectivity index (χ0v) is 13.0. The molecule has 21 heavy (non-hydrogen) atoms. The molecule has 1 aromatic heterocycles. The number of benzene rings is 1. The Morgan fingerprint density at radius 1 is 1.33 bits per heavy atom. The molecule has 0 bridgehead atoms. The molecule has 2 aromatic rings. The van der Waals surface area contributed by atoms with E-state index in [4.69, 9.17) is 0 Å². The van der Waals surface area contributed by atoms with E-state index in [9.17, 15) is 17.2 Å². The number of aryl methyl sites for hydroxylation is 1. The Bertz CT molecular complexity index is 699. The molecule has 114 valence electrons. The molecule has 1 aromatic carbocycles. The summed E-state index contributed by atoms with van der Waals surface area (Å²) in [5.41, 5.74) is 0. The number of aromatic nitrogens is 3. The van der Waals surface area contributed by atoms with Crippen molar-refractivity contribution in [3.8, 4) is 0 Å². The van der Waals surface area contributed by atoms with Gasteiger partial charge >= 0.3 is 0 Å². The van der Waals surface area contributed by atoms with Gasteiger partial charge in [-0.25, -0.2) is 21.9 Å². The van der Waals surface area contributed by atoms with Gasteiger partial charge in [-0.2, -0.15) is 0 Å². The van der Waals surface area contributed by atoms with Gasteiger partial charge in [0.05, 0.1) is 6.20 Å². The molecule has 10 heteroatoms. The maximum atomic E-state index is 13.6. The number of hydrogen-bond donors (Lipinski definition) is 1. The van der Waals surface area contributed by atoms with Gasteiger partial charge in [0.2, 0.25) is 10.0 Å². The van der Waals surface area contributed by atoms with Crippen LogP contribution in [0.15, 0.2) is 33.9 Å². The maximum absolute atomic E-state index is 13.6. The Hall–Kier alpha value is -1.39. The van der Waals surface area contributed by atoms with Gasteiger partial charge in [0.1, 0.15) is 16.5 Å². The standard InChI is InChI=1S/C11H11BrF2N4O2S/c12-9-6-8(13)7-10(14)11(9)21(19,20)16-2-1-4-18-5-3-15-17-18/h3,5-7,16H,1-2,4H2. The van der Waals surface area contributed by atoms with Crippen molar-refractivity contribution in [2.24, 2.45) is 0 Å². The SMILES string of the molecule is O=S(=O)(NCCCn1ccnn1)c1c(F)cc(F)cc1Br. The maximum Gasteiger partial charge on any atom is 0.244 e. The molecule has 0 saturated carbocycles.